The molecule has 31 nitrogen and oxygen atoms in total. The Morgan fingerprint density at radius 1 is 0.758 bits per heavy atom. The van der Waals surface area contributed by atoms with Gasteiger partial charge in [0.1, 0.15) is 71.7 Å². The number of nitrogens with one attached hydrogen (secondary N) is 1. The van der Waals surface area contributed by atoms with Crippen molar-refractivity contribution >= 4 is 78.8 Å². The molecule has 10 rings (SSSR count). The Balaban J connectivity index is 0.881. The number of ketones is 1. The van der Waals surface area contributed by atoms with Gasteiger partial charge in [-0.25, -0.2) is 4.68 Å². The molecule has 2 saturated heterocycles. The summed E-state index contributed by atoms with van der Waals surface area (Å²) in [5, 5.41) is 92.0. The van der Waals surface area contributed by atoms with Gasteiger partial charge in [-0.3, -0.25) is 28.9 Å². The predicted octanol–water partition coefficient (Wildman–Crippen LogP) is -0.603. The first kappa shape index (κ1) is 66.0. The number of aromatic amines is 1. The molecule has 6 aromatic rings. The zero-order valence-electron chi connectivity index (χ0n) is 48.7. The fraction of sp³-hybridized carbons (Fsp3) is 0.431. The Hall–Kier alpha value is -7.93. The molecule has 0 unspecified atom stereocenters. The molecule has 488 valence electrons. The highest BCUT2D eigenvalue weighted by Gasteiger charge is 2.47. The van der Waals surface area contributed by atoms with Gasteiger partial charge in [-0.05, 0) is 66.4 Å². The van der Waals surface area contributed by atoms with Crippen LogP contribution in [0.25, 0.3) is 21.7 Å². The lowest BCUT2D eigenvalue weighted by Crippen LogP contribution is -2.60. The van der Waals surface area contributed by atoms with Crippen molar-refractivity contribution in [3.05, 3.63) is 107 Å². The maximum Gasteiger partial charge on any atom is 0.501 e. The molecule has 4 aliphatic rings. The number of Topliss-reactive ketones (excluding diaryl/α,β-unsaturated/α-hetero) is 1. The first-order chi connectivity index (χ1) is 43.5. The molecule has 0 spiro atoms. The smallest absolute Gasteiger partial charge is 0.497 e. The first-order valence-corrected chi connectivity index (χ1v) is 30.1. The molecular weight excluding hydrogens is 1250 g/mol. The molecule has 2 aromatic heterocycles. The van der Waals surface area contributed by atoms with Gasteiger partial charge >= 0.3 is 10.4 Å². The van der Waals surface area contributed by atoms with Gasteiger partial charge in [0.15, 0.2) is 23.0 Å². The van der Waals surface area contributed by atoms with Crippen molar-refractivity contribution < 1.29 is 115 Å². The van der Waals surface area contributed by atoms with Gasteiger partial charge in [0.25, 0.3) is 23.6 Å². The van der Waals surface area contributed by atoms with Crippen LogP contribution in [0, 0.1) is 0 Å². The molecule has 6 heterocycles. The van der Waals surface area contributed by atoms with E-state index in [-0.39, 0.29) is 103 Å². The van der Waals surface area contributed by atoms with Crippen molar-refractivity contribution in [2.75, 3.05) is 77.6 Å². The second-order valence-electron chi connectivity index (χ2n) is 21.6. The predicted molar refractivity (Wildman–Crippen MR) is 313 cm³/mol. The van der Waals surface area contributed by atoms with Crippen molar-refractivity contribution in [3.8, 4) is 28.7 Å². The summed E-state index contributed by atoms with van der Waals surface area (Å²) in [4.78, 5) is 72.0. The van der Waals surface area contributed by atoms with Crippen molar-refractivity contribution in [1.29, 1.82) is 0 Å². The summed E-state index contributed by atoms with van der Waals surface area (Å²) in [6, 6.07) is 13.5. The summed E-state index contributed by atoms with van der Waals surface area (Å²) < 4.78 is 81.5. The number of imide groups is 1. The number of anilines is 1. The van der Waals surface area contributed by atoms with Gasteiger partial charge < -0.3 is 97.2 Å². The van der Waals surface area contributed by atoms with Crippen LogP contribution in [0.2, 0.25) is 0 Å². The average molecular weight is 1310 g/mol. The highest BCUT2D eigenvalue weighted by Crippen LogP contribution is 2.48. The fourth-order valence-corrected chi connectivity index (χ4v) is 11.6. The highest BCUT2D eigenvalue weighted by atomic mass is 35.5. The van der Waals surface area contributed by atoms with Gasteiger partial charge in [-0.1, -0.05) is 5.21 Å². The van der Waals surface area contributed by atoms with E-state index in [0.717, 1.165) is 17.0 Å². The lowest BCUT2D eigenvalue weighted by molar-refractivity contribution is -0.277. The number of fused-ring (bicyclic) bond motifs is 4. The minimum atomic E-state index is -5.38. The molecule has 11 atom stereocenters. The average Bonchev–Trinajstić information content (AvgIpc) is 1.64. The van der Waals surface area contributed by atoms with Gasteiger partial charge in [0.05, 0.1) is 77.3 Å². The van der Waals surface area contributed by atoms with E-state index < -0.39 is 132 Å². The van der Waals surface area contributed by atoms with Crippen LogP contribution in [0.5, 0.6) is 28.7 Å². The Labute approximate surface area is 522 Å². The lowest BCUT2D eigenvalue weighted by Gasteiger charge is -2.39. The number of carbonyl (C=O) groups excluding carboxylic acids is 5. The van der Waals surface area contributed by atoms with E-state index >= 15 is 0 Å². The maximum absolute atomic E-state index is 14.9. The van der Waals surface area contributed by atoms with Crippen molar-refractivity contribution in [2.45, 2.75) is 87.4 Å². The third-order valence-corrected chi connectivity index (χ3v) is 16.7. The molecule has 91 heavy (non-hydrogen) atoms. The molecule has 0 aliphatic carbocycles. The number of aliphatic hydroxyl groups excluding tert-OH is 8. The zero-order chi connectivity index (χ0) is 65.2. The maximum atomic E-state index is 14.9. The standard InChI is InChI=1S/C58H64ClN7O24S/c1-28(69)35-16-30-17-38(60-37(30)20-41(35)86-58-54(77)52(75)50(73)45(26-68)88-58)56(79)66-23-31(22-59)48-36-19-33(82-3)5-6-34(36)42(21-39(48)66)89-91(80,81)90-43-18-29(4-7-40(43)85-57-53(76)51(74)49(72)44(25-67)87-57)55(78)63(2)10-13-83-14-11-64-24-32(61-62-64)27-84-15-12-65-46(70)8-9-47(65)71/h4-9,16-21,24,31,44-45,49-54,57-58,60,67-68,72-77H,10-15,22-23,25-27H2,1-3H3/t31-,44-,45-,49+,50+,51+,52+,53-,54-,57-,58-/m1/s1. The third kappa shape index (κ3) is 14.1. The van der Waals surface area contributed by atoms with Gasteiger partial charge in [-0.2, -0.15) is 0 Å². The number of methoxy groups -OCH3 is 1. The van der Waals surface area contributed by atoms with Gasteiger partial charge in [0.2, 0.25) is 12.6 Å². The highest BCUT2D eigenvalue weighted by molar-refractivity contribution is 7.82. The lowest BCUT2D eigenvalue weighted by atomic mass is 9.95. The van der Waals surface area contributed by atoms with Crippen LogP contribution in [0.15, 0.2) is 79.0 Å². The number of hydrogen-bond donors (Lipinski definition) is 9. The number of aliphatic hydroxyl groups is 8. The number of likely N-dealkylation sites (N-methyl/N-ethyl adjacent to an activating group) is 1. The number of alkyl halides is 1. The Morgan fingerprint density at radius 2 is 1.42 bits per heavy atom. The van der Waals surface area contributed by atoms with Crippen LogP contribution in [0.4, 0.5) is 5.69 Å². The SMILES string of the molecule is COc1ccc2c(OS(=O)(=O)Oc3cc(C(=O)N(C)CCOCCn4cc(COCCN5C(=O)C=CC5=O)nn4)ccc3O[C@@H]3O[C@H](CO)[C@H](O)[C@H](O)[C@H]3O)cc3c(c2c1)[C@H](CCl)CN3C(=O)c1cc2cc(C(C)=O)c(O[C@@H]3O[C@H](CO)[C@H](O)[C@H](O)[C@H]3O)cc2[nH]1. The number of amides is 4. The van der Waals surface area contributed by atoms with E-state index in [9.17, 15) is 73.2 Å². The molecule has 2 fully saturated rings. The minimum Gasteiger partial charge on any atom is -0.497 e. The molecule has 33 heteroatoms. The number of halogens is 1. The zero-order valence-corrected chi connectivity index (χ0v) is 50.3. The van der Waals surface area contributed by atoms with Crippen molar-refractivity contribution in [2.24, 2.45) is 0 Å². The second kappa shape index (κ2) is 27.9. The number of ether oxygens (including phenoxy) is 7. The van der Waals surface area contributed by atoms with Gasteiger partial charge in [0, 0.05) is 78.1 Å². The van der Waals surface area contributed by atoms with Crippen molar-refractivity contribution in [3.63, 3.8) is 0 Å². The second-order valence-corrected chi connectivity index (χ2v) is 23.0. The monoisotopic (exact) mass is 1310 g/mol. The van der Waals surface area contributed by atoms with Crippen LogP contribution in [-0.2, 0) is 52.1 Å². The van der Waals surface area contributed by atoms with Crippen LogP contribution in [-0.4, -0.2) is 243 Å². The van der Waals surface area contributed by atoms with Crippen LogP contribution < -0.4 is 27.5 Å². The number of aromatic nitrogens is 4. The van der Waals surface area contributed by atoms with E-state index in [1.165, 1.54) is 90.2 Å². The van der Waals surface area contributed by atoms with E-state index in [4.69, 9.17) is 53.1 Å². The molecule has 4 aliphatic heterocycles. The summed E-state index contributed by atoms with van der Waals surface area (Å²) in [5.41, 5.74) is 1.15. The third-order valence-electron chi connectivity index (χ3n) is 15.5. The number of nitrogens with zero attached hydrogens (tertiary/aromatic N) is 6. The van der Waals surface area contributed by atoms with E-state index in [1.54, 1.807) is 12.3 Å². The summed E-state index contributed by atoms with van der Waals surface area (Å²) in [6.45, 7) is 0.277. The minimum absolute atomic E-state index is 0.0132. The first-order valence-electron chi connectivity index (χ1n) is 28.3. The largest absolute Gasteiger partial charge is 0.501 e. The molecule has 9 N–H and O–H groups in total. The summed E-state index contributed by atoms with van der Waals surface area (Å²) in [5.74, 6) is -4.70. The van der Waals surface area contributed by atoms with Crippen LogP contribution >= 0.6 is 11.6 Å². The topological polar surface area (TPSA) is 421 Å². The molecule has 0 bridgehead atoms. The quantitative estimate of drug-likeness (QED) is 0.0142. The number of benzene rings is 4. The normalized spacial score (nSPS) is 24.1. The summed E-state index contributed by atoms with van der Waals surface area (Å²) >= 11 is 6.62. The summed E-state index contributed by atoms with van der Waals surface area (Å²) in [6.07, 6.45) is -13.3. The van der Waals surface area contributed by atoms with E-state index in [1.807, 2.05) is 0 Å². The number of hydrogen-bond acceptors (Lipinski definition) is 26. The molecule has 0 saturated carbocycles. The Kier molecular flexibility index (Phi) is 20.2. The van der Waals surface area contributed by atoms with Crippen LogP contribution in [0.3, 0.4) is 0 Å². The van der Waals surface area contributed by atoms with E-state index in [2.05, 4.69) is 15.3 Å². The molecular formula is C58H64ClN7O24S. The van der Waals surface area contributed by atoms with Gasteiger partial charge in [-0.15, -0.1) is 25.1 Å². The summed E-state index contributed by atoms with van der Waals surface area (Å²) in [7, 11) is -2.53. The fourth-order valence-electron chi connectivity index (χ4n) is 10.7. The van der Waals surface area contributed by atoms with Crippen LogP contribution in [0.1, 0.15) is 55.3 Å². The Bertz CT molecular complexity index is 3840. The van der Waals surface area contributed by atoms with E-state index in [0.29, 0.717) is 27.8 Å². The molecule has 0 radical (unpaired) electrons. The number of rotatable bonds is 26. The number of carbonyl (C=O) groups is 5. The number of H-pyrrole nitrogens is 1. The Morgan fingerprint density at radius 3 is 2.07 bits per heavy atom. The van der Waals surface area contributed by atoms with Crippen molar-refractivity contribution in [1.82, 2.24) is 29.8 Å². The molecule has 4 amide bonds. The molecule has 4 aromatic carbocycles.